The summed E-state index contributed by atoms with van der Waals surface area (Å²) in [5, 5.41) is 1.13. The van der Waals surface area contributed by atoms with Gasteiger partial charge in [-0.25, -0.2) is 0 Å². The van der Waals surface area contributed by atoms with Crippen LogP contribution >= 0.6 is 0 Å². The third-order valence-electron chi connectivity index (χ3n) is 3.38. The smallest absolute Gasteiger partial charge is 0.119 e. The maximum absolute atomic E-state index is 5.93. The lowest BCUT2D eigenvalue weighted by Gasteiger charge is -2.02. The van der Waals surface area contributed by atoms with Crippen LogP contribution in [0.5, 0.6) is 5.75 Å². The number of benzene rings is 2. The van der Waals surface area contributed by atoms with Crippen LogP contribution in [0.2, 0.25) is 0 Å². The van der Waals surface area contributed by atoms with Gasteiger partial charge in [0.25, 0.3) is 0 Å². The fraction of sp³-hybridized carbons (Fsp3) is 0.125. The summed E-state index contributed by atoms with van der Waals surface area (Å²) in [6, 6.07) is 16.2. The number of hydrogen-bond acceptors (Lipinski definition) is 2. The zero-order chi connectivity index (χ0) is 13.2. The van der Waals surface area contributed by atoms with Crippen LogP contribution < -0.4 is 10.5 Å². The first kappa shape index (κ1) is 11.8. The molecule has 3 nitrogen and oxygen atoms in total. The van der Waals surface area contributed by atoms with Crippen LogP contribution in [-0.4, -0.2) is 12.1 Å². The summed E-state index contributed by atoms with van der Waals surface area (Å²) in [6.45, 7) is 0.497. The van der Waals surface area contributed by atoms with Crippen molar-refractivity contribution in [2.45, 2.75) is 6.54 Å². The van der Waals surface area contributed by atoms with Crippen molar-refractivity contribution in [3.8, 4) is 17.0 Å². The molecule has 0 aliphatic carbocycles. The van der Waals surface area contributed by atoms with Gasteiger partial charge in [0, 0.05) is 17.4 Å². The summed E-state index contributed by atoms with van der Waals surface area (Å²) in [5.41, 5.74) is 10.4. The minimum absolute atomic E-state index is 0.497. The second kappa shape index (κ2) is 4.78. The highest BCUT2D eigenvalue weighted by molar-refractivity contribution is 5.91. The van der Waals surface area contributed by atoms with Gasteiger partial charge in [-0.15, -0.1) is 0 Å². The fourth-order valence-electron chi connectivity index (χ4n) is 2.42. The van der Waals surface area contributed by atoms with E-state index in [9.17, 15) is 0 Å². The van der Waals surface area contributed by atoms with Gasteiger partial charge in [0.2, 0.25) is 0 Å². The van der Waals surface area contributed by atoms with Crippen LogP contribution in [0.1, 0.15) is 5.56 Å². The lowest BCUT2D eigenvalue weighted by atomic mass is 10.1. The molecule has 3 aromatic rings. The van der Waals surface area contributed by atoms with E-state index in [1.54, 1.807) is 7.11 Å². The van der Waals surface area contributed by atoms with Gasteiger partial charge >= 0.3 is 0 Å². The van der Waals surface area contributed by atoms with Gasteiger partial charge in [-0.3, -0.25) is 0 Å². The summed E-state index contributed by atoms with van der Waals surface area (Å²) < 4.78 is 5.28. The van der Waals surface area contributed by atoms with Crippen molar-refractivity contribution in [1.82, 2.24) is 4.98 Å². The molecule has 0 amide bonds. The Labute approximate surface area is 112 Å². The largest absolute Gasteiger partial charge is 0.497 e. The van der Waals surface area contributed by atoms with E-state index >= 15 is 0 Å². The maximum Gasteiger partial charge on any atom is 0.119 e. The van der Waals surface area contributed by atoms with Gasteiger partial charge in [-0.2, -0.15) is 0 Å². The van der Waals surface area contributed by atoms with E-state index in [4.69, 9.17) is 10.5 Å². The molecule has 2 aromatic carbocycles. The third-order valence-corrected chi connectivity index (χ3v) is 3.38. The van der Waals surface area contributed by atoms with Gasteiger partial charge in [0.05, 0.1) is 12.8 Å². The van der Waals surface area contributed by atoms with E-state index in [0.717, 1.165) is 33.5 Å². The van der Waals surface area contributed by atoms with Crippen molar-refractivity contribution >= 4 is 10.9 Å². The van der Waals surface area contributed by atoms with E-state index in [1.807, 2.05) is 36.4 Å². The average molecular weight is 252 g/mol. The number of aromatic nitrogens is 1. The first-order valence-corrected chi connectivity index (χ1v) is 6.27. The van der Waals surface area contributed by atoms with E-state index in [0.29, 0.717) is 6.54 Å². The average Bonchev–Trinajstić information content (AvgIpc) is 2.85. The Morgan fingerprint density at radius 3 is 2.58 bits per heavy atom. The van der Waals surface area contributed by atoms with E-state index in [1.165, 1.54) is 0 Å². The highest BCUT2D eigenvalue weighted by atomic mass is 16.5. The lowest BCUT2D eigenvalue weighted by Crippen LogP contribution is -1.97. The molecule has 0 unspecified atom stereocenters. The number of H-pyrrole nitrogens is 1. The molecule has 0 radical (unpaired) electrons. The number of methoxy groups -OCH3 is 1. The topological polar surface area (TPSA) is 51.0 Å². The van der Waals surface area contributed by atoms with Crippen LogP contribution in [-0.2, 0) is 6.54 Å². The summed E-state index contributed by atoms with van der Waals surface area (Å²) in [6.07, 6.45) is 0. The van der Waals surface area contributed by atoms with Crippen molar-refractivity contribution in [2.75, 3.05) is 7.11 Å². The summed E-state index contributed by atoms with van der Waals surface area (Å²) >= 11 is 0. The zero-order valence-corrected chi connectivity index (χ0v) is 10.8. The highest BCUT2D eigenvalue weighted by Crippen LogP contribution is 2.32. The Morgan fingerprint density at radius 1 is 1.11 bits per heavy atom. The van der Waals surface area contributed by atoms with Crippen LogP contribution in [0.4, 0.5) is 0 Å². The molecule has 0 aliphatic heterocycles. The maximum atomic E-state index is 5.93. The van der Waals surface area contributed by atoms with E-state index in [-0.39, 0.29) is 0 Å². The molecular weight excluding hydrogens is 236 g/mol. The summed E-state index contributed by atoms with van der Waals surface area (Å²) in [5.74, 6) is 0.848. The van der Waals surface area contributed by atoms with Crippen molar-refractivity contribution in [1.29, 1.82) is 0 Å². The summed E-state index contributed by atoms with van der Waals surface area (Å²) in [4.78, 5) is 3.45. The fourth-order valence-corrected chi connectivity index (χ4v) is 2.42. The molecule has 3 N–H and O–H groups in total. The number of ether oxygens (including phenoxy) is 1. The molecule has 0 fully saturated rings. The Morgan fingerprint density at radius 2 is 1.89 bits per heavy atom. The summed E-state index contributed by atoms with van der Waals surface area (Å²) in [7, 11) is 1.67. The van der Waals surface area contributed by atoms with Gasteiger partial charge in [0.15, 0.2) is 0 Å². The molecule has 0 bridgehead atoms. The monoisotopic (exact) mass is 252 g/mol. The van der Waals surface area contributed by atoms with Crippen LogP contribution in [0, 0.1) is 0 Å². The number of nitrogens with one attached hydrogen (secondary N) is 1. The molecule has 3 rings (SSSR count). The standard InChI is InChI=1S/C16H16N2O/c1-19-12-7-8-15-13(9-12)14(10-17)16(18-15)11-5-3-2-4-6-11/h2-9,18H,10,17H2,1H3. The molecule has 3 heteroatoms. The quantitative estimate of drug-likeness (QED) is 0.751. The molecule has 96 valence electrons. The third kappa shape index (κ3) is 1.98. The van der Waals surface area contributed by atoms with Gasteiger partial charge in [0.1, 0.15) is 5.75 Å². The van der Waals surface area contributed by atoms with Crippen molar-refractivity contribution in [2.24, 2.45) is 5.73 Å². The number of rotatable bonds is 3. The predicted molar refractivity (Wildman–Crippen MR) is 78.2 cm³/mol. The Bertz CT molecular complexity index is 701. The molecule has 1 aromatic heterocycles. The normalized spacial score (nSPS) is 10.8. The number of aromatic amines is 1. The first-order valence-electron chi connectivity index (χ1n) is 6.27. The molecule has 19 heavy (non-hydrogen) atoms. The second-order valence-electron chi connectivity index (χ2n) is 4.46. The minimum Gasteiger partial charge on any atom is -0.497 e. The second-order valence-corrected chi connectivity index (χ2v) is 4.46. The van der Waals surface area contributed by atoms with E-state index in [2.05, 4.69) is 17.1 Å². The van der Waals surface area contributed by atoms with Crippen LogP contribution in [0.25, 0.3) is 22.2 Å². The molecule has 0 saturated carbocycles. The van der Waals surface area contributed by atoms with Gasteiger partial charge in [-0.05, 0) is 29.3 Å². The van der Waals surface area contributed by atoms with Gasteiger partial charge in [-0.1, -0.05) is 30.3 Å². The Kier molecular flexibility index (Phi) is 2.97. The molecular formula is C16H16N2O. The van der Waals surface area contributed by atoms with Crippen molar-refractivity contribution in [3.05, 3.63) is 54.1 Å². The highest BCUT2D eigenvalue weighted by Gasteiger charge is 2.12. The van der Waals surface area contributed by atoms with Crippen LogP contribution in [0.15, 0.2) is 48.5 Å². The number of fused-ring (bicyclic) bond motifs is 1. The Balaban J connectivity index is 2.26. The van der Waals surface area contributed by atoms with Gasteiger partial charge < -0.3 is 15.5 Å². The first-order chi connectivity index (χ1) is 9.33. The Hall–Kier alpha value is -2.26. The van der Waals surface area contributed by atoms with Crippen molar-refractivity contribution < 1.29 is 4.74 Å². The molecule has 0 saturated heterocycles. The molecule has 0 spiro atoms. The number of nitrogens with two attached hydrogens (primary N) is 1. The van der Waals surface area contributed by atoms with Crippen LogP contribution in [0.3, 0.4) is 0 Å². The lowest BCUT2D eigenvalue weighted by molar-refractivity contribution is 0.415. The number of hydrogen-bond donors (Lipinski definition) is 2. The molecule has 1 heterocycles. The predicted octanol–water partition coefficient (Wildman–Crippen LogP) is 3.30. The molecule has 0 aliphatic rings. The SMILES string of the molecule is COc1ccc2[nH]c(-c3ccccc3)c(CN)c2c1. The molecule has 0 atom stereocenters. The zero-order valence-electron chi connectivity index (χ0n) is 10.8. The van der Waals surface area contributed by atoms with Crippen molar-refractivity contribution in [3.63, 3.8) is 0 Å². The van der Waals surface area contributed by atoms with E-state index < -0.39 is 0 Å². The minimum atomic E-state index is 0.497.